The van der Waals surface area contributed by atoms with Crippen LogP contribution in [0.5, 0.6) is 0 Å². The van der Waals surface area contributed by atoms with E-state index in [4.69, 9.17) is 4.74 Å². The summed E-state index contributed by atoms with van der Waals surface area (Å²) in [5.74, 6) is 2.16. The highest BCUT2D eigenvalue weighted by atomic mass is 32.2. The van der Waals surface area contributed by atoms with E-state index in [2.05, 4.69) is 17.1 Å². The predicted molar refractivity (Wildman–Crippen MR) is 114 cm³/mol. The van der Waals surface area contributed by atoms with Crippen molar-refractivity contribution >= 4 is 21.6 Å². The van der Waals surface area contributed by atoms with Gasteiger partial charge in [-0.05, 0) is 49.3 Å². The number of ether oxygens (including phenoxy) is 1. The lowest BCUT2D eigenvalue weighted by Crippen LogP contribution is -2.29. The average molecular weight is 439 g/mol. The summed E-state index contributed by atoms with van der Waals surface area (Å²) in [6, 6.07) is 9.36. The number of aromatic nitrogens is 2. The van der Waals surface area contributed by atoms with Crippen LogP contribution < -0.4 is 11.2 Å². The summed E-state index contributed by atoms with van der Waals surface area (Å²) in [5.41, 5.74) is 0.0232. The van der Waals surface area contributed by atoms with E-state index in [1.165, 1.54) is 34.6 Å². The first-order chi connectivity index (χ1) is 13.9. The molecule has 3 rings (SSSR count). The Bertz CT molecular complexity index is 1030. The second kappa shape index (κ2) is 10.3. The van der Waals surface area contributed by atoms with Crippen molar-refractivity contribution in [1.29, 1.82) is 0 Å². The fraction of sp³-hybridized carbons (Fsp3) is 0.500. The number of thioether (sulfide) groups is 1. The lowest BCUT2D eigenvalue weighted by atomic mass is 10.2. The number of aryl methyl sites for hydroxylation is 1. The van der Waals surface area contributed by atoms with E-state index in [0.29, 0.717) is 12.8 Å². The zero-order valence-electron chi connectivity index (χ0n) is 16.2. The molecular formula is C20H26N2O5S2. The molecule has 1 saturated carbocycles. The van der Waals surface area contributed by atoms with Crippen LogP contribution >= 0.6 is 11.8 Å². The van der Waals surface area contributed by atoms with Gasteiger partial charge in [0.25, 0.3) is 5.56 Å². The van der Waals surface area contributed by atoms with E-state index < -0.39 is 21.1 Å². The number of benzene rings is 1. The number of H-pyrrole nitrogens is 1. The van der Waals surface area contributed by atoms with Crippen molar-refractivity contribution in [3.05, 3.63) is 62.9 Å². The van der Waals surface area contributed by atoms with Gasteiger partial charge in [0.05, 0.1) is 11.5 Å². The van der Waals surface area contributed by atoms with Gasteiger partial charge in [-0.25, -0.2) is 13.2 Å². The molecule has 1 N–H and O–H groups in total. The van der Waals surface area contributed by atoms with Gasteiger partial charge in [0.15, 0.2) is 9.84 Å². The maximum absolute atomic E-state index is 12.3. The van der Waals surface area contributed by atoms with Crippen LogP contribution in [-0.4, -0.2) is 41.8 Å². The predicted octanol–water partition coefficient (Wildman–Crippen LogP) is 2.06. The van der Waals surface area contributed by atoms with Crippen molar-refractivity contribution in [2.75, 3.05) is 23.9 Å². The number of rotatable bonds is 12. The molecule has 0 atom stereocenters. The van der Waals surface area contributed by atoms with Crippen LogP contribution in [0.1, 0.15) is 24.8 Å². The molecule has 0 unspecified atom stereocenters. The quantitative estimate of drug-likeness (QED) is 0.402. The minimum Gasteiger partial charge on any atom is -0.361 e. The number of nitrogens with zero attached hydrogens (tertiary/aromatic N) is 1. The van der Waals surface area contributed by atoms with Crippen molar-refractivity contribution in [2.45, 2.75) is 37.3 Å². The summed E-state index contributed by atoms with van der Waals surface area (Å²) < 4.78 is 31.1. The lowest BCUT2D eigenvalue weighted by molar-refractivity contribution is 0.0745. The molecule has 0 spiro atoms. The van der Waals surface area contributed by atoms with Gasteiger partial charge in [-0.2, -0.15) is 0 Å². The first-order valence-electron chi connectivity index (χ1n) is 9.71. The molecule has 1 aliphatic carbocycles. The van der Waals surface area contributed by atoms with Gasteiger partial charge in [0, 0.05) is 29.5 Å². The topological polar surface area (TPSA) is 98.2 Å². The van der Waals surface area contributed by atoms with Crippen molar-refractivity contribution in [2.24, 2.45) is 5.92 Å². The number of hydrogen-bond donors (Lipinski definition) is 1. The van der Waals surface area contributed by atoms with E-state index in [-0.39, 0.29) is 24.8 Å². The Morgan fingerprint density at radius 1 is 1.17 bits per heavy atom. The molecule has 0 bridgehead atoms. The van der Waals surface area contributed by atoms with Crippen LogP contribution in [0, 0.1) is 5.92 Å². The second-order valence-electron chi connectivity index (χ2n) is 7.27. The minimum atomic E-state index is -3.17. The van der Waals surface area contributed by atoms with E-state index in [9.17, 15) is 18.0 Å². The zero-order chi connectivity index (χ0) is 20.7. The maximum atomic E-state index is 12.3. The minimum absolute atomic E-state index is 0.0268. The van der Waals surface area contributed by atoms with Crippen LogP contribution in [0.2, 0.25) is 0 Å². The summed E-state index contributed by atoms with van der Waals surface area (Å²) in [7, 11) is -3.17. The van der Waals surface area contributed by atoms with Crippen LogP contribution in [0.4, 0.5) is 0 Å². The first-order valence-corrected chi connectivity index (χ1v) is 12.5. The van der Waals surface area contributed by atoms with E-state index in [1.54, 1.807) is 0 Å². The Morgan fingerprint density at radius 3 is 2.76 bits per heavy atom. The standard InChI is InChI=1S/C20H26N2O5S2/c23-19-7-9-22(20(24)21-19)15-27-10-2-11-29(25,26)12-8-16-3-1-4-18(13-16)28-14-17-5-6-17/h1,3-4,7,9,13,17H,2,5-6,8,10-12,14-15H2,(H,21,23,24). The lowest BCUT2D eigenvalue weighted by Gasteiger charge is -2.08. The smallest absolute Gasteiger partial charge is 0.330 e. The summed E-state index contributed by atoms with van der Waals surface area (Å²) in [5, 5.41) is 0. The number of aromatic amines is 1. The Hall–Kier alpha value is -1.84. The molecule has 7 nitrogen and oxygen atoms in total. The van der Waals surface area contributed by atoms with E-state index >= 15 is 0 Å². The molecule has 0 aliphatic heterocycles. The van der Waals surface area contributed by atoms with Crippen molar-refractivity contribution in [3.63, 3.8) is 0 Å². The van der Waals surface area contributed by atoms with Gasteiger partial charge in [-0.3, -0.25) is 14.3 Å². The average Bonchev–Trinajstić information content (AvgIpc) is 3.51. The van der Waals surface area contributed by atoms with Gasteiger partial charge in [0.1, 0.15) is 6.73 Å². The van der Waals surface area contributed by atoms with Gasteiger partial charge in [0.2, 0.25) is 0 Å². The third-order valence-corrected chi connectivity index (χ3v) is 7.62. The summed E-state index contributed by atoms with van der Waals surface area (Å²) in [4.78, 5) is 25.8. The molecular weight excluding hydrogens is 412 g/mol. The number of nitrogens with one attached hydrogen (secondary N) is 1. The highest BCUT2D eigenvalue weighted by Gasteiger charge is 2.21. The summed E-state index contributed by atoms with van der Waals surface area (Å²) in [6.07, 6.45) is 4.87. The Kier molecular flexibility index (Phi) is 7.74. The molecule has 29 heavy (non-hydrogen) atoms. The zero-order valence-corrected chi connectivity index (χ0v) is 17.8. The molecule has 1 heterocycles. The monoisotopic (exact) mass is 438 g/mol. The SMILES string of the molecule is O=c1ccn(COCCCS(=O)(=O)CCc2cccc(SCC3CC3)c2)c(=O)[nH]1. The van der Waals surface area contributed by atoms with E-state index in [1.807, 2.05) is 23.9 Å². The van der Waals surface area contributed by atoms with Crippen molar-refractivity contribution < 1.29 is 13.2 Å². The number of sulfone groups is 1. The molecule has 158 valence electrons. The molecule has 0 amide bonds. The molecule has 1 aliphatic rings. The van der Waals surface area contributed by atoms with Gasteiger partial charge in [-0.1, -0.05) is 12.1 Å². The Morgan fingerprint density at radius 2 is 2.00 bits per heavy atom. The Balaban J connectivity index is 1.36. The molecule has 9 heteroatoms. The van der Waals surface area contributed by atoms with Crippen LogP contribution in [0.25, 0.3) is 0 Å². The van der Waals surface area contributed by atoms with Gasteiger partial charge < -0.3 is 4.74 Å². The summed E-state index contributed by atoms with van der Waals surface area (Å²) in [6.45, 7) is 0.194. The number of hydrogen-bond acceptors (Lipinski definition) is 6. The first kappa shape index (κ1) is 21.9. The molecule has 2 aromatic rings. The van der Waals surface area contributed by atoms with Crippen molar-refractivity contribution in [3.8, 4) is 0 Å². The fourth-order valence-corrected chi connectivity index (χ4v) is 5.23. The molecule has 0 saturated heterocycles. The second-order valence-corrected chi connectivity index (χ2v) is 10.7. The van der Waals surface area contributed by atoms with Gasteiger partial charge in [-0.15, -0.1) is 11.8 Å². The molecule has 0 radical (unpaired) electrons. The van der Waals surface area contributed by atoms with Crippen LogP contribution in [-0.2, 0) is 27.7 Å². The largest absolute Gasteiger partial charge is 0.361 e. The molecule has 1 fully saturated rings. The maximum Gasteiger partial charge on any atom is 0.330 e. The van der Waals surface area contributed by atoms with Crippen LogP contribution in [0.3, 0.4) is 0 Å². The highest BCUT2D eigenvalue weighted by Crippen LogP contribution is 2.35. The Labute approximate surface area is 174 Å². The third-order valence-electron chi connectivity index (χ3n) is 4.65. The normalized spacial score (nSPS) is 14.2. The fourth-order valence-electron chi connectivity index (χ4n) is 2.75. The third kappa shape index (κ3) is 7.83. The molecule has 1 aromatic heterocycles. The summed E-state index contributed by atoms with van der Waals surface area (Å²) >= 11 is 1.85. The highest BCUT2D eigenvalue weighted by molar-refractivity contribution is 7.99. The van der Waals surface area contributed by atoms with Crippen molar-refractivity contribution in [1.82, 2.24) is 9.55 Å². The van der Waals surface area contributed by atoms with Crippen LogP contribution in [0.15, 0.2) is 51.0 Å². The van der Waals surface area contributed by atoms with Gasteiger partial charge >= 0.3 is 5.69 Å². The van der Waals surface area contributed by atoms with E-state index in [0.717, 1.165) is 17.2 Å². The molecule has 1 aromatic carbocycles.